The summed E-state index contributed by atoms with van der Waals surface area (Å²) in [7, 11) is 0. The van der Waals surface area contributed by atoms with Gasteiger partial charge in [0.2, 0.25) is 0 Å². The normalized spacial score (nSPS) is 36.4. The fourth-order valence-electron chi connectivity index (χ4n) is 13.4. The van der Waals surface area contributed by atoms with Gasteiger partial charge in [-0.15, -0.1) is 0 Å². The van der Waals surface area contributed by atoms with Gasteiger partial charge in [0.25, 0.3) is 0 Å². The highest BCUT2D eigenvalue weighted by Gasteiger charge is 2.63. The van der Waals surface area contributed by atoms with Crippen molar-refractivity contribution in [1.82, 2.24) is 0 Å². The van der Waals surface area contributed by atoms with E-state index in [0.29, 0.717) is 0 Å². The van der Waals surface area contributed by atoms with Gasteiger partial charge in [0.15, 0.2) is 0 Å². The molecular weight excluding hydrogens is 877 g/mol. The van der Waals surface area contributed by atoms with E-state index in [9.17, 15) is 0 Å². The monoisotopic (exact) mass is 1050 g/mol. The van der Waals surface area contributed by atoms with Crippen LogP contribution in [-0.4, -0.2) is 0 Å². The van der Waals surface area contributed by atoms with E-state index >= 15 is 0 Å². The molecular formula is C73H174. The molecule has 0 aromatic rings. The molecule has 0 N–H and O–H groups in total. The van der Waals surface area contributed by atoms with E-state index in [4.69, 9.17) is 0 Å². The Hall–Kier alpha value is -0.260. The minimum Gasteiger partial charge on any atom is -0.0880 e. The molecule has 0 aliphatic heterocycles. The Morgan fingerprint density at radius 2 is 0.411 bits per heavy atom. The summed E-state index contributed by atoms with van der Waals surface area (Å²) < 4.78 is 0. The second-order valence-electron chi connectivity index (χ2n) is 19.7. The Bertz CT molecular complexity index is 889. The van der Waals surface area contributed by atoms with Gasteiger partial charge in [-0.2, -0.15) is 0 Å². The number of hydrogen-bond acceptors (Lipinski definition) is 0. The smallest absolute Gasteiger partial charge is 0.0233 e. The van der Waals surface area contributed by atoms with Gasteiger partial charge in [-0.3, -0.25) is 0 Å². The van der Waals surface area contributed by atoms with Crippen LogP contribution in [0.1, 0.15) is 341 Å². The zero-order chi connectivity index (χ0) is 52.4. The number of rotatable bonds is 0. The van der Waals surface area contributed by atoms with Gasteiger partial charge >= 0.3 is 0 Å². The molecule has 8 aliphatic rings. The molecule has 8 rings (SSSR count). The quantitative estimate of drug-likeness (QED) is 0.212. The minimum absolute atomic E-state index is 0. The summed E-state index contributed by atoms with van der Waals surface area (Å²) in [6.45, 7) is 74.1. The maximum absolute atomic E-state index is 2.52. The molecule has 0 aromatic carbocycles. The Morgan fingerprint density at radius 3 is 0.562 bits per heavy atom. The molecule has 0 amide bonds. The fraction of sp³-hybridized carbons (Fsp3) is 0.973. The highest BCUT2D eigenvalue weighted by Crippen LogP contribution is 2.69. The summed E-state index contributed by atoms with van der Waals surface area (Å²) in [5.74, 6) is 22.8. The van der Waals surface area contributed by atoms with Crippen LogP contribution in [0.25, 0.3) is 0 Å². The van der Waals surface area contributed by atoms with Crippen LogP contribution in [0.5, 0.6) is 0 Å². The van der Waals surface area contributed by atoms with Crippen LogP contribution in [0.15, 0.2) is 12.2 Å². The third-order valence-electron chi connectivity index (χ3n) is 17.8. The lowest BCUT2D eigenvalue weighted by Gasteiger charge is -2.49. The summed E-state index contributed by atoms with van der Waals surface area (Å²) >= 11 is 0. The molecule has 0 radical (unpaired) electrons. The van der Waals surface area contributed by atoms with Crippen LogP contribution >= 0.6 is 0 Å². The average Bonchev–Trinajstić information content (AvgIpc) is 4.12. The van der Waals surface area contributed by atoms with Gasteiger partial charge in [0, 0.05) is 0 Å². The molecule has 0 heterocycles. The molecule has 0 saturated heterocycles. The van der Waals surface area contributed by atoms with Crippen LogP contribution in [0, 0.1) is 130 Å². The zero-order valence-corrected chi connectivity index (χ0v) is 52.1. The van der Waals surface area contributed by atoms with Crippen molar-refractivity contribution in [3.05, 3.63) is 12.2 Å². The van der Waals surface area contributed by atoms with E-state index in [0.717, 1.165) is 130 Å². The highest BCUT2D eigenvalue weighted by molar-refractivity contribution is 5.11. The number of fused-ring (bicyclic) bond motifs is 8. The van der Waals surface area contributed by atoms with Crippen LogP contribution in [0.4, 0.5) is 0 Å². The second kappa shape index (κ2) is 66.0. The van der Waals surface area contributed by atoms with Crippen LogP contribution in [0.3, 0.4) is 0 Å². The summed E-state index contributed by atoms with van der Waals surface area (Å²) in [6, 6.07) is 0. The van der Waals surface area contributed by atoms with Crippen molar-refractivity contribution in [3.8, 4) is 0 Å². The zero-order valence-electron chi connectivity index (χ0n) is 52.1. The third kappa shape index (κ3) is 31.2. The van der Waals surface area contributed by atoms with Crippen molar-refractivity contribution in [2.24, 2.45) is 130 Å². The van der Waals surface area contributed by atoms with Crippen molar-refractivity contribution < 1.29 is 0 Å². The molecule has 0 spiro atoms. The van der Waals surface area contributed by atoms with Crippen LogP contribution in [0.2, 0.25) is 0 Å². The standard InChI is InChI=1S/2C14H24.C9H18.C7H12.10C2H6.9CH4/c1-7-5-11-13(9(7)3)12-6-8(2)10(4)14(11)12;1-7-5-11-12-6-8(2)10(4)14(12)13(11)9(7)3;1-6-5-7(2)9(4)8(6)3;1-6-4-3-5-7(6)2;10*1-2;;;;;;;;;/h2*7-14H,5-6H2,1-4H3;6-9H,5H2,1-4H3;3-4,6-7H,5H2,1-2H3;10*1-2H3;9*1H4/t7-,8-,9-,10-,11?,12?,13?,14?;7-,8+,9-,10+,11-,12+,13?,14?;6-,7+,8-,9+;6-,7+;;;;;;;;;;;;;;;;;;;/m0..1.................../s1. The highest BCUT2D eigenvalue weighted by atomic mass is 14.7. The van der Waals surface area contributed by atoms with E-state index < -0.39 is 0 Å². The van der Waals surface area contributed by atoms with Gasteiger partial charge in [-0.1, -0.05) is 314 Å². The van der Waals surface area contributed by atoms with Gasteiger partial charge in [-0.25, -0.2) is 0 Å². The van der Waals surface area contributed by atoms with Crippen LogP contribution < -0.4 is 0 Å². The summed E-state index contributed by atoms with van der Waals surface area (Å²) in [6.07, 6.45) is 13.5. The molecule has 0 heteroatoms. The molecule has 7 saturated carbocycles. The van der Waals surface area contributed by atoms with E-state index in [1.165, 1.54) is 12.8 Å². The van der Waals surface area contributed by atoms with Crippen molar-refractivity contribution in [3.63, 3.8) is 0 Å². The Labute approximate surface area is 480 Å². The summed E-state index contributed by atoms with van der Waals surface area (Å²) in [5, 5.41) is 0. The Kier molecular flexibility index (Phi) is 102. The van der Waals surface area contributed by atoms with Crippen molar-refractivity contribution in [2.75, 3.05) is 0 Å². The molecule has 2 unspecified atom stereocenters. The number of hydrogen-bond donors (Lipinski definition) is 0. The van der Waals surface area contributed by atoms with Gasteiger partial charge < -0.3 is 0 Å². The largest absolute Gasteiger partial charge is 0.0880 e. The molecule has 466 valence electrons. The van der Waals surface area contributed by atoms with E-state index in [2.05, 4.69) is 109 Å². The summed E-state index contributed by atoms with van der Waals surface area (Å²) in [5.41, 5.74) is 0. The van der Waals surface area contributed by atoms with Crippen LogP contribution in [-0.2, 0) is 0 Å². The van der Waals surface area contributed by atoms with Crippen molar-refractivity contribution in [2.45, 2.75) is 341 Å². The third-order valence-corrected chi connectivity index (χ3v) is 17.8. The summed E-state index contributed by atoms with van der Waals surface area (Å²) in [4.78, 5) is 0. The molecule has 0 aromatic heterocycles. The molecule has 0 bridgehead atoms. The predicted molar refractivity (Wildman–Crippen MR) is 367 cm³/mol. The topological polar surface area (TPSA) is 0 Å². The lowest BCUT2D eigenvalue weighted by molar-refractivity contribution is -0.0149. The molecule has 8 aliphatic carbocycles. The van der Waals surface area contributed by atoms with Crippen molar-refractivity contribution >= 4 is 0 Å². The van der Waals surface area contributed by atoms with Gasteiger partial charge in [0.1, 0.15) is 0 Å². The molecule has 7 fully saturated rings. The molecule has 0 nitrogen and oxygen atoms in total. The minimum atomic E-state index is 0. The Balaban J connectivity index is -0.0000000415. The van der Waals surface area contributed by atoms with Gasteiger partial charge in [-0.05, 0) is 169 Å². The Morgan fingerprint density at radius 1 is 0.219 bits per heavy atom. The van der Waals surface area contributed by atoms with E-state index in [-0.39, 0.29) is 66.8 Å². The fourth-order valence-corrected chi connectivity index (χ4v) is 13.4. The lowest BCUT2D eigenvalue weighted by Crippen LogP contribution is -2.44. The number of allylic oxidation sites excluding steroid dienone is 2. The lowest BCUT2D eigenvalue weighted by atomic mass is 9.56. The molecule has 18 atom stereocenters. The first-order valence-electron chi connectivity index (χ1n) is 30.3. The second-order valence-corrected chi connectivity index (χ2v) is 19.7. The SMILES string of the molecule is C.C.C.C.C.C.C.C.C.CC.CC.CC.CC.CC.CC.CC.CC.CC.CC.C[C@@H]1C2C(C[C@@H]1C)C1C2C[C@H](C)[C@@H]1C.C[C@@H]1C=CC[C@@H]1C.C[C@@H]1C[C@H]2C(C3[C@@H](C)[C@@H](C)C[C@H]32)[C@@H]1C.C[C@@H]1[C@H](C)[C@H](C)C[C@@H]1C. The van der Waals surface area contributed by atoms with E-state index in [1.807, 2.05) is 138 Å². The average molecular weight is 1050 g/mol. The first-order chi connectivity index (χ1) is 30.6. The maximum atomic E-state index is 2.52. The first-order valence-corrected chi connectivity index (χ1v) is 30.3. The maximum Gasteiger partial charge on any atom is -0.0233 e. The first kappa shape index (κ1) is 112. The molecule has 73 heavy (non-hydrogen) atoms. The van der Waals surface area contributed by atoms with Gasteiger partial charge in [0.05, 0.1) is 0 Å². The van der Waals surface area contributed by atoms with E-state index in [1.54, 1.807) is 25.7 Å². The predicted octanol–water partition coefficient (Wildman–Crippen LogP) is 28.8. The van der Waals surface area contributed by atoms with Crippen molar-refractivity contribution in [1.29, 1.82) is 0 Å².